The Balaban J connectivity index is 1.72. The Morgan fingerprint density at radius 2 is 1.95 bits per heavy atom. The van der Waals surface area contributed by atoms with E-state index in [-0.39, 0.29) is 36.9 Å². The van der Waals surface area contributed by atoms with E-state index < -0.39 is 46.3 Å². The van der Waals surface area contributed by atoms with Gasteiger partial charge in [0, 0.05) is 40.2 Å². The molecule has 3 aliphatic carbocycles. The van der Waals surface area contributed by atoms with Crippen LogP contribution in [0.3, 0.4) is 0 Å². The molecule has 0 amide bonds. The van der Waals surface area contributed by atoms with Gasteiger partial charge in [-0.3, -0.25) is 14.4 Å². The average Bonchev–Trinajstić information content (AvgIpc) is 3.52. The number of ether oxygens (including phenoxy) is 3. The standard InChI is InChI=1S/C32H38O8/c1-7-18(2)29(36)39-25-9-8-20-21(32(5)23(15-26(34)37-6)31(25,4)16-24(32)33)10-12-30(3)22(20)14-27(35)40-28(30)19-11-13-38-17-19/h7-9,11,13,17,21,23,25,28H,10,12,14-16H2,1-6H3/b9-8-,18-7+/t21-,23-,25+,28-,30+,31-,32-/m0/s1. The van der Waals surface area contributed by atoms with E-state index in [4.69, 9.17) is 18.6 Å². The molecule has 8 nitrogen and oxygen atoms in total. The highest BCUT2D eigenvalue weighted by Crippen LogP contribution is 2.66. The third kappa shape index (κ3) is 4.10. The predicted octanol–water partition coefficient (Wildman–Crippen LogP) is 5.59. The lowest BCUT2D eigenvalue weighted by atomic mass is 9.52. The van der Waals surface area contributed by atoms with Crippen LogP contribution in [0.25, 0.3) is 0 Å². The van der Waals surface area contributed by atoms with Crippen molar-refractivity contribution >= 4 is 23.7 Å². The molecule has 5 rings (SSSR count). The van der Waals surface area contributed by atoms with Gasteiger partial charge in [-0.2, -0.15) is 0 Å². The maximum Gasteiger partial charge on any atom is 0.333 e. The highest BCUT2D eigenvalue weighted by Gasteiger charge is 2.66. The zero-order chi connectivity index (χ0) is 29.0. The molecule has 0 spiro atoms. The second-order valence-corrected chi connectivity index (χ2v) is 12.4. The Morgan fingerprint density at radius 3 is 2.60 bits per heavy atom. The first-order valence-electron chi connectivity index (χ1n) is 14.0. The molecule has 4 aliphatic rings. The third-order valence-electron chi connectivity index (χ3n) is 10.4. The van der Waals surface area contributed by atoms with E-state index in [1.165, 1.54) is 7.11 Å². The van der Waals surface area contributed by atoms with E-state index in [0.717, 1.165) is 16.7 Å². The average molecular weight is 551 g/mol. The number of ketones is 1. The SMILES string of the molecule is C/C=C(\C)C(=O)O[C@@H]1/C=C\C2=C3CC(=O)O[C@@H](c4ccoc4)[C@]3(C)CC[C@@H]2[C@]2(C)C(=O)C[C@@]1(C)[C@@H]2CC(=O)OC. The lowest BCUT2D eigenvalue weighted by Crippen LogP contribution is -2.50. The molecule has 8 heteroatoms. The Bertz CT molecular complexity index is 1330. The van der Waals surface area contributed by atoms with Gasteiger partial charge in [-0.05, 0) is 61.8 Å². The zero-order valence-corrected chi connectivity index (χ0v) is 24.1. The van der Waals surface area contributed by atoms with Crippen LogP contribution < -0.4 is 0 Å². The first-order chi connectivity index (χ1) is 18.9. The largest absolute Gasteiger partial charge is 0.472 e. The summed E-state index contributed by atoms with van der Waals surface area (Å²) in [6.45, 7) is 9.44. The first-order valence-corrected chi connectivity index (χ1v) is 14.0. The van der Waals surface area contributed by atoms with Gasteiger partial charge in [-0.25, -0.2) is 4.79 Å². The summed E-state index contributed by atoms with van der Waals surface area (Å²) in [4.78, 5) is 52.9. The second kappa shape index (κ2) is 9.89. The highest BCUT2D eigenvalue weighted by molar-refractivity contribution is 5.91. The Kier molecular flexibility index (Phi) is 6.95. The highest BCUT2D eigenvalue weighted by atomic mass is 16.6. The fourth-order valence-corrected chi connectivity index (χ4v) is 7.91. The molecule has 2 bridgehead atoms. The number of allylic oxidation sites excluding steroid dienone is 3. The van der Waals surface area contributed by atoms with E-state index in [9.17, 15) is 19.2 Å². The lowest BCUT2D eigenvalue weighted by molar-refractivity contribution is -0.162. The van der Waals surface area contributed by atoms with Crippen molar-refractivity contribution in [3.63, 3.8) is 0 Å². The van der Waals surface area contributed by atoms with Crippen LogP contribution in [-0.2, 0) is 33.4 Å². The molecule has 40 heavy (non-hydrogen) atoms. The number of rotatable bonds is 5. The maximum atomic E-state index is 14.1. The number of cyclic esters (lactones) is 1. The molecular weight excluding hydrogens is 512 g/mol. The summed E-state index contributed by atoms with van der Waals surface area (Å²) in [7, 11) is 1.34. The van der Waals surface area contributed by atoms with Crippen LogP contribution in [0.4, 0.5) is 0 Å². The molecule has 7 atom stereocenters. The molecule has 2 heterocycles. The lowest BCUT2D eigenvalue weighted by Gasteiger charge is -2.53. The minimum atomic E-state index is -0.926. The summed E-state index contributed by atoms with van der Waals surface area (Å²) in [5, 5.41) is 0. The number of hydrogen-bond acceptors (Lipinski definition) is 8. The molecule has 0 aromatic carbocycles. The van der Waals surface area contributed by atoms with Crippen molar-refractivity contribution in [3.05, 3.63) is 59.1 Å². The molecule has 1 saturated heterocycles. The van der Waals surface area contributed by atoms with E-state index >= 15 is 0 Å². The molecule has 2 fully saturated rings. The maximum absolute atomic E-state index is 14.1. The molecule has 1 aliphatic heterocycles. The summed E-state index contributed by atoms with van der Waals surface area (Å²) in [6, 6.07) is 1.82. The molecule has 214 valence electrons. The van der Waals surface area contributed by atoms with Gasteiger partial charge in [0.15, 0.2) is 0 Å². The van der Waals surface area contributed by atoms with Crippen molar-refractivity contribution in [3.8, 4) is 0 Å². The Morgan fingerprint density at radius 1 is 1.20 bits per heavy atom. The summed E-state index contributed by atoms with van der Waals surface area (Å²) < 4.78 is 22.4. The number of furan rings is 1. The summed E-state index contributed by atoms with van der Waals surface area (Å²) in [5.74, 6) is -1.85. The second-order valence-electron chi connectivity index (χ2n) is 12.4. The number of methoxy groups -OCH3 is 1. The number of fused-ring (bicyclic) bond motifs is 5. The minimum Gasteiger partial charge on any atom is -0.472 e. The smallest absolute Gasteiger partial charge is 0.333 e. The van der Waals surface area contributed by atoms with Crippen molar-refractivity contribution in [2.24, 2.45) is 28.1 Å². The third-order valence-corrected chi connectivity index (χ3v) is 10.4. The molecule has 1 saturated carbocycles. The van der Waals surface area contributed by atoms with Gasteiger partial charge in [0.25, 0.3) is 0 Å². The quantitative estimate of drug-likeness (QED) is 0.265. The van der Waals surface area contributed by atoms with Gasteiger partial charge in [0.2, 0.25) is 0 Å². The van der Waals surface area contributed by atoms with Crippen molar-refractivity contribution in [1.29, 1.82) is 0 Å². The van der Waals surface area contributed by atoms with Crippen molar-refractivity contribution in [2.45, 2.75) is 78.9 Å². The molecule has 1 aromatic rings. The van der Waals surface area contributed by atoms with Crippen LogP contribution in [0, 0.1) is 28.1 Å². The van der Waals surface area contributed by atoms with Crippen molar-refractivity contribution in [1.82, 2.24) is 0 Å². The normalized spacial score (nSPS) is 38.0. The van der Waals surface area contributed by atoms with Gasteiger partial charge in [0.05, 0.1) is 26.1 Å². The van der Waals surface area contributed by atoms with Crippen LogP contribution in [0.1, 0.15) is 78.4 Å². The van der Waals surface area contributed by atoms with Crippen molar-refractivity contribution < 1.29 is 37.8 Å². The number of esters is 3. The van der Waals surface area contributed by atoms with Gasteiger partial charge in [-0.1, -0.05) is 32.9 Å². The van der Waals surface area contributed by atoms with Crippen LogP contribution in [0.15, 0.2) is 58.0 Å². The topological polar surface area (TPSA) is 109 Å². The molecule has 1 aromatic heterocycles. The Hall–Kier alpha value is -3.42. The fraction of sp³-hybridized carbons (Fsp3) is 0.562. The van der Waals surface area contributed by atoms with E-state index in [2.05, 4.69) is 6.92 Å². The zero-order valence-electron chi connectivity index (χ0n) is 24.1. The van der Waals surface area contributed by atoms with Gasteiger partial charge >= 0.3 is 17.9 Å². The molecule has 0 radical (unpaired) electrons. The summed E-state index contributed by atoms with van der Waals surface area (Å²) >= 11 is 0. The molecular formula is C32H38O8. The number of Topliss-reactive ketones (excluding diaryl/α,β-unsaturated/α-hetero) is 1. The van der Waals surface area contributed by atoms with E-state index in [1.54, 1.807) is 32.4 Å². The van der Waals surface area contributed by atoms with Gasteiger partial charge in [0.1, 0.15) is 18.0 Å². The van der Waals surface area contributed by atoms with Crippen LogP contribution >= 0.6 is 0 Å². The number of hydrogen-bond donors (Lipinski definition) is 0. The van der Waals surface area contributed by atoms with Crippen LogP contribution in [-0.4, -0.2) is 36.9 Å². The predicted molar refractivity (Wildman–Crippen MR) is 144 cm³/mol. The Labute approximate surface area is 234 Å². The molecule has 0 unspecified atom stereocenters. The van der Waals surface area contributed by atoms with Crippen molar-refractivity contribution in [2.75, 3.05) is 7.11 Å². The number of carbonyl (C=O) groups is 4. The van der Waals surface area contributed by atoms with Gasteiger partial charge < -0.3 is 18.6 Å². The summed E-state index contributed by atoms with van der Waals surface area (Å²) in [5.41, 5.74) is 0.816. The fourth-order valence-electron chi connectivity index (χ4n) is 7.91. The minimum absolute atomic E-state index is 0.0236. The van der Waals surface area contributed by atoms with Gasteiger partial charge in [-0.15, -0.1) is 0 Å². The van der Waals surface area contributed by atoms with E-state index in [0.29, 0.717) is 18.4 Å². The number of carbonyl (C=O) groups excluding carboxylic acids is 4. The molecule has 0 N–H and O–H groups in total. The van der Waals surface area contributed by atoms with E-state index in [1.807, 2.05) is 32.1 Å². The monoisotopic (exact) mass is 550 g/mol. The van der Waals surface area contributed by atoms with Crippen LogP contribution in [0.2, 0.25) is 0 Å². The van der Waals surface area contributed by atoms with Crippen LogP contribution in [0.5, 0.6) is 0 Å². The summed E-state index contributed by atoms with van der Waals surface area (Å²) in [6.07, 6.45) is 9.05. The first kappa shape index (κ1) is 28.1.